The first-order valence-corrected chi connectivity index (χ1v) is 3.59. The van der Waals surface area contributed by atoms with E-state index in [1.807, 2.05) is 0 Å². The smallest absolute Gasteiger partial charge is 0.227 e. The SMILES string of the molecule is CC(F)(F)c1cc(S)cnc1F. The molecule has 1 heterocycles. The first kappa shape index (κ1) is 9.38. The van der Waals surface area contributed by atoms with Gasteiger partial charge in [0.05, 0.1) is 5.56 Å². The van der Waals surface area contributed by atoms with Crippen LogP contribution in [-0.2, 0) is 5.92 Å². The quantitative estimate of drug-likeness (QED) is 0.534. The highest BCUT2D eigenvalue weighted by Gasteiger charge is 2.28. The molecule has 12 heavy (non-hydrogen) atoms. The molecule has 1 aromatic rings. The van der Waals surface area contributed by atoms with E-state index in [0.717, 1.165) is 12.3 Å². The first-order valence-electron chi connectivity index (χ1n) is 3.14. The van der Waals surface area contributed by atoms with E-state index in [-0.39, 0.29) is 4.90 Å². The van der Waals surface area contributed by atoms with Gasteiger partial charge in [0.1, 0.15) is 0 Å². The van der Waals surface area contributed by atoms with E-state index in [1.165, 1.54) is 0 Å². The van der Waals surface area contributed by atoms with Crippen LogP contribution in [0.25, 0.3) is 0 Å². The number of alkyl halides is 2. The van der Waals surface area contributed by atoms with Gasteiger partial charge in [-0.1, -0.05) is 0 Å². The summed E-state index contributed by atoms with van der Waals surface area (Å²) < 4.78 is 37.8. The second kappa shape index (κ2) is 2.97. The van der Waals surface area contributed by atoms with Crippen LogP contribution >= 0.6 is 12.6 Å². The van der Waals surface area contributed by atoms with Crippen LogP contribution < -0.4 is 0 Å². The Morgan fingerprint density at radius 1 is 1.50 bits per heavy atom. The summed E-state index contributed by atoms with van der Waals surface area (Å²) in [6.07, 6.45) is 1.08. The van der Waals surface area contributed by atoms with E-state index >= 15 is 0 Å². The Labute approximate surface area is 73.0 Å². The minimum absolute atomic E-state index is 0.216. The molecule has 0 aromatic carbocycles. The minimum atomic E-state index is -3.21. The Bertz CT molecular complexity index is 295. The van der Waals surface area contributed by atoms with Gasteiger partial charge in [0.25, 0.3) is 5.92 Å². The molecule has 0 amide bonds. The third kappa shape index (κ3) is 1.91. The summed E-state index contributed by atoms with van der Waals surface area (Å²) in [6, 6.07) is 0.964. The highest BCUT2D eigenvalue weighted by molar-refractivity contribution is 7.80. The summed E-state index contributed by atoms with van der Waals surface area (Å²) in [7, 11) is 0. The largest absolute Gasteiger partial charge is 0.274 e. The van der Waals surface area contributed by atoms with Crippen molar-refractivity contribution in [1.82, 2.24) is 4.98 Å². The van der Waals surface area contributed by atoms with E-state index in [2.05, 4.69) is 17.6 Å². The van der Waals surface area contributed by atoms with Gasteiger partial charge in [-0.15, -0.1) is 12.6 Å². The molecule has 0 aliphatic carbocycles. The van der Waals surface area contributed by atoms with Crippen LogP contribution in [0.5, 0.6) is 0 Å². The number of hydrogen-bond donors (Lipinski definition) is 1. The summed E-state index contributed by atoms with van der Waals surface area (Å²) in [4.78, 5) is 3.34. The lowest BCUT2D eigenvalue weighted by Gasteiger charge is -2.10. The predicted octanol–water partition coefficient (Wildman–Crippen LogP) is 2.62. The molecule has 0 spiro atoms. The molecule has 1 aromatic heterocycles. The molecule has 0 aliphatic heterocycles. The van der Waals surface area contributed by atoms with Crippen LogP contribution in [0.2, 0.25) is 0 Å². The molecule has 0 radical (unpaired) electrons. The summed E-state index contributed by atoms with van der Waals surface area (Å²) >= 11 is 3.77. The number of nitrogens with zero attached hydrogens (tertiary/aromatic N) is 1. The molecule has 0 atom stereocenters. The number of halogens is 3. The lowest BCUT2D eigenvalue weighted by molar-refractivity contribution is 0.0127. The summed E-state index contributed by atoms with van der Waals surface area (Å²) in [5.41, 5.74) is -0.727. The van der Waals surface area contributed by atoms with Gasteiger partial charge in [-0.2, -0.15) is 4.39 Å². The molecular weight excluding hydrogens is 187 g/mol. The molecule has 0 aliphatic rings. The summed E-state index contributed by atoms with van der Waals surface area (Å²) in [6.45, 7) is 0.611. The highest BCUT2D eigenvalue weighted by atomic mass is 32.1. The van der Waals surface area contributed by atoms with Crippen molar-refractivity contribution in [3.8, 4) is 0 Å². The fourth-order valence-electron chi connectivity index (χ4n) is 0.745. The molecule has 1 rings (SSSR count). The van der Waals surface area contributed by atoms with Gasteiger partial charge in [0.2, 0.25) is 5.95 Å². The maximum atomic E-state index is 12.6. The third-order valence-corrected chi connectivity index (χ3v) is 1.54. The topological polar surface area (TPSA) is 12.9 Å². The van der Waals surface area contributed by atoms with E-state index < -0.39 is 17.4 Å². The molecule has 0 fully saturated rings. The van der Waals surface area contributed by atoms with E-state index in [4.69, 9.17) is 0 Å². The normalized spacial score (nSPS) is 11.8. The van der Waals surface area contributed by atoms with Gasteiger partial charge in [-0.3, -0.25) is 0 Å². The maximum absolute atomic E-state index is 12.6. The number of aromatic nitrogens is 1. The molecule has 5 heteroatoms. The molecule has 0 unspecified atom stereocenters. The lowest BCUT2D eigenvalue weighted by Crippen LogP contribution is -2.10. The first-order chi connectivity index (χ1) is 5.41. The third-order valence-electron chi connectivity index (χ3n) is 1.30. The van der Waals surface area contributed by atoms with Gasteiger partial charge in [0.15, 0.2) is 0 Å². The van der Waals surface area contributed by atoms with Crippen LogP contribution in [-0.4, -0.2) is 4.98 Å². The van der Waals surface area contributed by atoms with E-state index in [9.17, 15) is 13.2 Å². The molecule has 0 saturated carbocycles. The fraction of sp³-hybridized carbons (Fsp3) is 0.286. The van der Waals surface area contributed by atoms with Crippen molar-refractivity contribution in [2.24, 2.45) is 0 Å². The monoisotopic (exact) mass is 193 g/mol. The van der Waals surface area contributed by atoms with Crippen LogP contribution in [0.4, 0.5) is 13.2 Å². The fourth-order valence-corrected chi connectivity index (χ4v) is 0.932. The van der Waals surface area contributed by atoms with E-state index in [1.54, 1.807) is 0 Å². The Kier molecular flexibility index (Phi) is 2.32. The van der Waals surface area contributed by atoms with Crippen LogP contribution in [0.15, 0.2) is 17.2 Å². The van der Waals surface area contributed by atoms with Gasteiger partial charge in [-0.25, -0.2) is 13.8 Å². The predicted molar refractivity (Wildman–Crippen MR) is 41.0 cm³/mol. The van der Waals surface area contributed by atoms with Gasteiger partial charge < -0.3 is 0 Å². The zero-order chi connectivity index (χ0) is 9.35. The minimum Gasteiger partial charge on any atom is -0.227 e. The lowest BCUT2D eigenvalue weighted by atomic mass is 10.2. The van der Waals surface area contributed by atoms with E-state index in [0.29, 0.717) is 6.92 Å². The standard InChI is InChI=1S/C7H6F3NS/c1-7(9,10)5-2-4(12)3-11-6(5)8/h2-3,12H,1H3. The second-order valence-corrected chi connectivity index (χ2v) is 2.94. The van der Waals surface area contributed by atoms with Crippen molar-refractivity contribution >= 4 is 12.6 Å². The average molecular weight is 193 g/mol. The summed E-state index contributed by atoms with van der Waals surface area (Å²) in [5, 5.41) is 0. The Hall–Kier alpha value is -0.710. The zero-order valence-electron chi connectivity index (χ0n) is 6.18. The molecule has 0 saturated heterocycles. The number of hydrogen-bond acceptors (Lipinski definition) is 2. The Morgan fingerprint density at radius 3 is 2.50 bits per heavy atom. The van der Waals surface area contributed by atoms with Gasteiger partial charge in [0, 0.05) is 18.0 Å². The highest BCUT2D eigenvalue weighted by Crippen LogP contribution is 2.29. The maximum Gasteiger partial charge on any atom is 0.274 e. The molecule has 0 bridgehead atoms. The van der Waals surface area contributed by atoms with Crippen molar-refractivity contribution in [3.05, 3.63) is 23.8 Å². The van der Waals surface area contributed by atoms with Crippen molar-refractivity contribution in [2.45, 2.75) is 17.7 Å². The van der Waals surface area contributed by atoms with Gasteiger partial charge >= 0.3 is 0 Å². The average Bonchev–Trinajstić information content (AvgIpc) is 1.92. The van der Waals surface area contributed by atoms with Crippen molar-refractivity contribution in [1.29, 1.82) is 0 Å². The Balaban J connectivity index is 3.23. The number of pyridine rings is 1. The molecule has 0 N–H and O–H groups in total. The van der Waals surface area contributed by atoms with Crippen LogP contribution in [0.1, 0.15) is 12.5 Å². The van der Waals surface area contributed by atoms with Crippen molar-refractivity contribution < 1.29 is 13.2 Å². The van der Waals surface area contributed by atoms with Gasteiger partial charge in [-0.05, 0) is 6.07 Å². The van der Waals surface area contributed by atoms with Crippen LogP contribution in [0.3, 0.4) is 0 Å². The van der Waals surface area contributed by atoms with Crippen molar-refractivity contribution in [2.75, 3.05) is 0 Å². The van der Waals surface area contributed by atoms with Crippen LogP contribution in [0, 0.1) is 5.95 Å². The molecule has 1 nitrogen and oxygen atoms in total. The number of thiol groups is 1. The molecular formula is C7H6F3NS. The second-order valence-electron chi connectivity index (χ2n) is 2.42. The Morgan fingerprint density at radius 2 is 2.08 bits per heavy atom. The number of rotatable bonds is 1. The zero-order valence-corrected chi connectivity index (χ0v) is 7.08. The molecule has 66 valence electrons. The summed E-state index contributed by atoms with van der Waals surface area (Å²) in [5.74, 6) is -4.36. The van der Waals surface area contributed by atoms with Crippen molar-refractivity contribution in [3.63, 3.8) is 0 Å².